The largest absolute Gasteiger partial charge is 0.328 e. The lowest BCUT2D eigenvalue weighted by atomic mass is 10.2. The first-order chi connectivity index (χ1) is 13.4. The highest BCUT2D eigenvalue weighted by Crippen LogP contribution is 2.20. The smallest absolute Gasteiger partial charge is 0.321 e. The van der Waals surface area contributed by atoms with Crippen LogP contribution in [0, 0.1) is 12.7 Å². The Morgan fingerprint density at radius 2 is 1.71 bits per heavy atom. The highest BCUT2D eigenvalue weighted by molar-refractivity contribution is 6.04. The predicted molar refractivity (Wildman–Crippen MR) is 102 cm³/mol. The highest BCUT2D eigenvalue weighted by Gasteiger charge is 2.20. The molecule has 2 aromatic heterocycles. The number of anilines is 1. The molecule has 4 rings (SSSR count). The van der Waals surface area contributed by atoms with Gasteiger partial charge >= 0.3 is 5.69 Å². The molecule has 9 heteroatoms. The van der Waals surface area contributed by atoms with Gasteiger partial charge in [-0.05, 0) is 49.4 Å². The van der Waals surface area contributed by atoms with Crippen LogP contribution in [0.1, 0.15) is 16.2 Å². The van der Waals surface area contributed by atoms with Gasteiger partial charge in [0.1, 0.15) is 5.82 Å². The van der Waals surface area contributed by atoms with Crippen LogP contribution in [0.25, 0.3) is 16.7 Å². The molecule has 0 saturated carbocycles. The minimum atomic E-state index is -0.410. The summed E-state index contributed by atoms with van der Waals surface area (Å²) in [6, 6.07) is 10.8. The molecule has 0 bridgehead atoms. The van der Waals surface area contributed by atoms with E-state index in [0.717, 1.165) is 5.52 Å². The minimum Gasteiger partial charge on any atom is -0.321 e. The van der Waals surface area contributed by atoms with Gasteiger partial charge in [-0.25, -0.2) is 13.9 Å². The zero-order valence-electron chi connectivity index (χ0n) is 15.5. The molecule has 0 fully saturated rings. The Labute approximate surface area is 158 Å². The van der Waals surface area contributed by atoms with Gasteiger partial charge in [0.2, 0.25) is 0 Å². The fourth-order valence-corrected chi connectivity index (χ4v) is 3.16. The van der Waals surface area contributed by atoms with Crippen LogP contribution in [0.4, 0.5) is 10.1 Å². The Morgan fingerprint density at radius 3 is 2.43 bits per heavy atom. The van der Waals surface area contributed by atoms with Gasteiger partial charge < -0.3 is 5.32 Å². The topological polar surface area (TPSA) is 86.7 Å². The summed E-state index contributed by atoms with van der Waals surface area (Å²) in [7, 11) is 3.37. The van der Waals surface area contributed by atoms with E-state index in [1.54, 1.807) is 43.8 Å². The van der Waals surface area contributed by atoms with Crippen LogP contribution in [0.2, 0.25) is 0 Å². The van der Waals surface area contributed by atoms with Crippen LogP contribution in [0.5, 0.6) is 0 Å². The number of amides is 1. The molecule has 1 N–H and O–H groups in total. The Balaban J connectivity index is 1.71. The van der Waals surface area contributed by atoms with Crippen LogP contribution < -0.4 is 11.0 Å². The van der Waals surface area contributed by atoms with Gasteiger partial charge in [-0.1, -0.05) is 5.21 Å². The quantitative estimate of drug-likeness (QED) is 0.590. The summed E-state index contributed by atoms with van der Waals surface area (Å²) in [5.41, 5.74) is 3.06. The van der Waals surface area contributed by atoms with Gasteiger partial charge in [0.05, 0.1) is 22.4 Å². The van der Waals surface area contributed by atoms with E-state index in [4.69, 9.17) is 0 Å². The molecule has 0 atom stereocenters. The fraction of sp³-hybridized carbons (Fsp3) is 0.158. The van der Waals surface area contributed by atoms with Gasteiger partial charge in [0.25, 0.3) is 5.91 Å². The van der Waals surface area contributed by atoms with E-state index in [2.05, 4.69) is 15.6 Å². The Morgan fingerprint density at radius 1 is 1.04 bits per heavy atom. The highest BCUT2D eigenvalue weighted by atomic mass is 19.1. The number of imidazole rings is 1. The number of carbonyl (C=O) groups is 1. The van der Waals surface area contributed by atoms with Crippen LogP contribution >= 0.6 is 0 Å². The molecule has 0 aliphatic carbocycles. The van der Waals surface area contributed by atoms with Crippen molar-refractivity contribution in [2.24, 2.45) is 14.1 Å². The molecule has 0 radical (unpaired) electrons. The van der Waals surface area contributed by atoms with Crippen molar-refractivity contribution in [2.45, 2.75) is 6.92 Å². The Bertz CT molecular complexity index is 1270. The third-order valence-electron chi connectivity index (χ3n) is 4.65. The normalized spacial score (nSPS) is 11.1. The van der Waals surface area contributed by atoms with Gasteiger partial charge in [0.15, 0.2) is 5.69 Å². The monoisotopic (exact) mass is 380 g/mol. The summed E-state index contributed by atoms with van der Waals surface area (Å²) in [6.45, 7) is 1.67. The molecule has 0 unspecified atom stereocenters. The molecule has 28 heavy (non-hydrogen) atoms. The lowest BCUT2D eigenvalue weighted by molar-refractivity contribution is 0.101. The number of hydrogen-bond donors (Lipinski definition) is 1. The first-order valence-corrected chi connectivity index (χ1v) is 8.52. The number of fused-ring (bicyclic) bond motifs is 1. The van der Waals surface area contributed by atoms with E-state index in [-0.39, 0.29) is 17.2 Å². The molecule has 0 spiro atoms. The van der Waals surface area contributed by atoms with Crippen LogP contribution in [-0.2, 0) is 14.1 Å². The molecule has 8 nitrogen and oxygen atoms in total. The van der Waals surface area contributed by atoms with Crippen molar-refractivity contribution in [1.29, 1.82) is 0 Å². The number of benzene rings is 2. The maximum atomic E-state index is 13.2. The van der Waals surface area contributed by atoms with Gasteiger partial charge in [0, 0.05) is 19.8 Å². The van der Waals surface area contributed by atoms with Gasteiger partial charge in [-0.15, -0.1) is 5.10 Å². The van der Waals surface area contributed by atoms with Crippen molar-refractivity contribution in [3.63, 3.8) is 0 Å². The zero-order chi connectivity index (χ0) is 20.0. The van der Waals surface area contributed by atoms with Crippen molar-refractivity contribution < 1.29 is 9.18 Å². The van der Waals surface area contributed by atoms with E-state index >= 15 is 0 Å². The van der Waals surface area contributed by atoms with Crippen molar-refractivity contribution in [3.8, 4) is 5.69 Å². The summed E-state index contributed by atoms with van der Waals surface area (Å²) >= 11 is 0. The summed E-state index contributed by atoms with van der Waals surface area (Å²) < 4.78 is 17.6. The molecule has 2 heterocycles. The van der Waals surface area contributed by atoms with Gasteiger partial charge in [-0.2, -0.15) is 0 Å². The number of halogens is 1. The molecule has 4 aromatic rings. The van der Waals surface area contributed by atoms with E-state index in [1.165, 1.54) is 33.5 Å². The zero-order valence-corrected chi connectivity index (χ0v) is 15.5. The number of aryl methyl sites for hydroxylation is 3. The average molecular weight is 380 g/mol. The first-order valence-electron chi connectivity index (χ1n) is 8.52. The molecular weight excluding hydrogens is 363 g/mol. The first kappa shape index (κ1) is 17.7. The molecule has 0 aliphatic heterocycles. The average Bonchev–Trinajstić information content (AvgIpc) is 3.16. The Kier molecular flexibility index (Phi) is 4.07. The number of hydrogen-bond acceptors (Lipinski definition) is 4. The lowest BCUT2D eigenvalue weighted by Crippen LogP contribution is -2.19. The number of rotatable bonds is 3. The van der Waals surface area contributed by atoms with E-state index in [0.29, 0.717) is 22.6 Å². The third kappa shape index (κ3) is 2.77. The summed E-state index contributed by atoms with van der Waals surface area (Å²) in [5.74, 6) is -0.791. The standard InChI is InChI=1S/C19H17FN6O2/c1-11-17(26(23-22-11)14-7-4-12(20)5-8-14)18(27)21-13-6-9-15-16(10-13)25(3)19(28)24(15)2/h4-10H,1-3H3,(H,21,27). The van der Waals surface area contributed by atoms with Crippen LogP contribution in [-0.4, -0.2) is 30.0 Å². The third-order valence-corrected chi connectivity index (χ3v) is 4.65. The fourth-order valence-electron chi connectivity index (χ4n) is 3.16. The molecule has 1 amide bonds. The molecule has 2 aromatic carbocycles. The predicted octanol–water partition coefficient (Wildman–Crippen LogP) is 2.16. The Hall–Kier alpha value is -3.75. The number of nitrogens with zero attached hydrogens (tertiary/aromatic N) is 5. The second-order valence-electron chi connectivity index (χ2n) is 6.47. The summed E-state index contributed by atoms with van der Waals surface area (Å²) in [6.07, 6.45) is 0. The number of nitrogens with one attached hydrogen (secondary N) is 1. The van der Waals surface area contributed by atoms with Crippen molar-refractivity contribution in [1.82, 2.24) is 24.1 Å². The summed E-state index contributed by atoms with van der Waals surface area (Å²) in [5, 5.41) is 10.8. The molecule has 0 aliphatic rings. The summed E-state index contributed by atoms with van der Waals surface area (Å²) in [4.78, 5) is 25.0. The van der Waals surface area contributed by atoms with Crippen molar-refractivity contribution in [2.75, 3.05) is 5.32 Å². The van der Waals surface area contributed by atoms with Crippen LogP contribution in [0.3, 0.4) is 0 Å². The maximum absolute atomic E-state index is 13.2. The van der Waals surface area contributed by atoms with Gasteiger partial charge in [-0.3, -0.25) is 13.9 Å². The van der Waals surface area contributed by atoms with E-state index in [1.807, 2.05) is 0 Å². The molecule has 142 valence electrons. The minimum absolute atomic E-state index is 0.145. The lowest BCUT2D eigenvalue weighted by Gasteiger charge is -2.09. The maximum Gasteiger partial charge on any atom is 0.328 e. The second kappa shape index (κ2) is 6.45. The SMILES string of the molecule is Cc1nnn(-c2ccc(F)cc2)c1C(=O)Nc1ccc2c(c1)n(C)c(=O)n2C. The van der Waals surface area contributed by atoms with Crippen molar-refractivity contribution >= 4 is 22.6 Å². The molecular formula is C19H17FN6O2. The number of carbonyl (C=O) groups excluding carboxylic acids is 1. The van der Waals surface area contributed by atoms with E-state index in [9.17, 15) is 14.0 Å². The molecule has 0 saturated heterocycles. The number of aromatic nitrogens is 5. The van der Waals surface area contributed by atoms with E-state index < -0.39 is 5.91 Å². The van der Waals surface area contributed by atoms with Crippen LogP contribution in [0.15, 0.2) is 47.3 Å². The second-order valence-corrected chi connectivity index (χ2v) is 6.47. The van der Waals surface area contributed by atoms with Crippen molar-refractivity contribution in [3.05, 3.63) is 70.2 Å².